The molecule has 0 saturated carbocycles. The van der Waals surface area contributed by atoms with Crippen LogP contribution in [0, 0.1) is 0 Å². The number of nitrogens with zero attached hydrogens (tertiary/aromatic N) is 1. The second-order valence-electron chi connectivity index (χ2n) is 4.66. The van der Waals surface area contributed by atoms with Gasteiger partial charge in [0.05, 0.1) is 18.7 Å². The molecule has 0 fully saturated rings. The van der Waals surface area contributed by atoms with Crippen molar-refractivity contribution in [2.24, 2.45) is 5.73 Å². The Morgan fingerprint density at radius 3 is 2.63 bits per heavy atom. The summed E-state index contributed by atoms with van der Waals surface area (Å²) in [7, 11) is 1.64. The van der Waals surface area contributed by atoms with Crippen molar-refractivity contribution in [1.82, 2.24) is 4.90 Å². The maximum atomic E-state index is 12.6. The Bertz CT molecular complexity index is 375. The van der Waals surface area contributed by atoms with E-state index in [0.29, 0.717) is 32.5 Å². The molecule has 19 heavy (non-hydrogen) atoms. The molecule has 1 aromatic heterocycles. The smallest absolute Gasteiger partial charge is 0.243 e. The van der Waals surface area contributed by atoms with Crippen molar-refractivity contribution >= 4 is 17.2 Å². The van der Waals surface area contributed by atoms with Crippen molar-refractivity contribution < 1.29 is 9.53 Å². The van der Waals surface area contributed by atoms with Crippen LogP contribution in [-0.4, -0.2) is 36.6 Å². The average Bonchev–Trinajstić information content (AvgIpc) is 2.94. The van der Waals surface area contributed by atoms with Gasteiger partial charge < -0.3 is 15.4 Å². The van der Waals surface area contributed by atoms with E-state index in [1.54, 1.807) is 18.4 Å². The van der Waals surface area contributed by atoms with E-state index < -0.39 is 5.54 Å². The third kappa shape index (κ3) is 4.30. The summed E-state index contributed by atoms with van der Waals surface area (Å²) in [6, 6.07) is 4.03. The molecule has 0 unspecified atom stereocenters. The van der Waals surface area contributed by atoms with Crippen molar-refractivity contribution in [3.8, 4) is 0 Å². The highest BCUT2D eigenvalue weighted by molar-refractivity contribution is 7.09. The number of carbonyl (C=O) groups is 1. The van der Waals surface area contributed by atoms with Gasteiger partial charge in [-0.3, -0.25) is 4.79 Å². The van der Waals surface area contributed by atoms with Gasteiger partial charge in [-0.2, -0.15) is 0 Å². The fourth-order valence-electron chi connectivity index (χ4n) is 1.91. The lowest BCUT2D eigenvalue weighted by Gasteiger charge is -2.32. The Morgan fingerprint density at radius 1 is 1.47 bits per heavy atom. The highest BCUT2D eigenvalue weighted by atomic mass is 32.1. The predicted molar refractivity (Wildman–Crippen MR) is 79.1 cm³/mol. The van der Waals surface area contributed by atoms with Gasteiger partial charge in [0.15, 0.2) is 0 Å². The van der Waals surface area contributed by atoms with Crippen LogP contribution in [0.5, 0.6) is 0 Å². The number of nitrogens with two attached hydrogens (primary N) is 1. The number of rotatable bonds is 8. The fraction of sp³-hybridized carbons (Fsp3) is 0.643. The molecule has 5 heteroatoms. The molecule has 0 aromatic carbocycles. The SMILES string of the molecule is CCC(N)(CC)C(=O)N(CCOC)Cc1cccs1. The third-order valence-electron chi connectivity index (χ3n) is 3.47. The summed E-state index contributed by atoms with van der Waals surface area (Å²) in [4.78, 5) is 15.6. The van der Waals surface area contributed by atoms with Gasteiger partial charge in [0.25, 0.3) is 0 Å². The Morgan fingerprint density at radius 2 is 2.16 bits per heavy atom. The summed E-state index contributed by atoms with van der Waals surface area (Å²) in [5, 5.41) is 2.02. The third-order valence-corrected chi connectivity index (χ3v) is 4.33. The van der Waals surface area contributed by atoms with Crippen LogP contribution in [0.25, 0.3) is 0 Å². The van der Waals surface area contributed by atoms with Crippen molar-refractivity contribution in [3.05, 3.63) is 22.4 Å². The van der Waals surface area contributed by atoms with E-state index in [-0.39, 0.29) is 5.91 Å². The lowest BCUT2D eigenvalue weighted by Crippen LogP contribution is -2.54. The van der Waals surface area contributed by atoms with Crippen molar-refractivity contribution in [3.63, 3.8) is 0 Å². The minimum absolute atomic E-state index is 0.0166. The minimum Gasteiger partial charge on any atom is -0.383 e. The monoisotopic (exact) mass is 284 g/mol. The van der Waals surface area contributed by atoms with Crippen LogP contribution < -0.4 is 5.73 Å². The van der Waals surface area contributed by atoms with E-state index in [1.807, 2.05) is 36.3 Å². The van der Waals surface area contributed by atoms with Gasteiger partial charge >= 0.3 is 0 Å². The van der Waals surface area contributed by atoms with Crippen LogP contribution in [0.4, 0.5) is 0 Å². The molecule has 1 heterocycles. The largest absolute Gasteiger partial charge is 0.383 e. The Labute approximate surface area is 119 Å². The molecule has 1 amide bonds. The van der Waals surface area contributed by atoms with Gasteiger partial charge in [-0.15, -0.1) is 11.3 Å². The summed E-state index contributed by atoms with van der Waals surface area (Å²) in [6.07, 6.45) is 1.30. The Kier molecular flexibility index (Phi) is 6.48. The van der Waals surface area contributed by atoms with E-state index in [2.05, 4.69) is 0 Å². The van der Waals surface area contributed by atoms with Gasteiger partial charge in [-0.1, -0.05) is 19.9 Å². The minimum atomic E-state index is -0.759. The molecule has 0 atom stereocenters. The molecule has 1 rings (SSSR count). The maximum absolute atomic E-state index is 12.6. The van der Waals surface area contributed by atoms with Gasteiger partial charge in [0.2, 0.25) is 5.91 Å². The maximum Gasteiger partial charge on any atom is 0.243 e. The first-order valence-corrected chi connectivity index (χ1v) is 7.55. The van der Waals surface area contributed by atoms with Gasteiger partial charge in [-0.05, 0) is 24.3 Å². The molecule has 0 bridgehead atoms. The fourth-order valence-corrected chi connectivity index (χ4v) is 2.63. The second kappa shape index (κ2) is 7.62. The lowest BCUT2D eigenvalue weighted by molar-refractivity contribution is -0.138. The van der Waals surface area contributed by atoms with Crippen LogP contribution in [0.3, 0.4) is 0 Å². The summed E-state index contributed by atoms with van der Waals surface area (Å²) < 4.78 is 5.09. The number of methoxy groups -OCH3 is 1. The molecule has 0 spiro atoms. The zero-order valence-electron chi connectivity index (χ0n) is 12.0. The van der Waals surface area contributed by atoms with E-state index in [4.69, 9.17) is 10.5 Å². The molecular weight excluding hydrogens is 260 g/mol. The molecule has 108 valence electrons. The first-order chi connectivity index (χ1) is 9.07. The van der Waals surface area contributed by atoms with Crippen LogP contribution >= 0.6 is 11.3 Å². The molecular formula is C14H24N2O2S. The highest BCUT2D eigenvalue weighted by Crippen LogP contribution is 2.19. The predicted octanol–water partition coefficient (Wildman–Crippen LogP) is 2.24. The van der Waals surface area contributed by atoms with Crippen molar-refractivity contribution in [1.29, 1.82) is 0 Å². The van der Waals surface area contributed by atoms with Crippen molar-refractivity contribution in [2.45, 2.75) is 38.8 Å². The van der Waals surface area contributed by atoms with Crippen LogP contribution in [0.15, 0.2) is 17.5 Å². The Balaban J connectivity index is 2.80. The summed E-state index contributed by atoms with van der Waals surface area (Å²) >= 11 is 1.65. The zero-order valence-corrected chi connectivity index (χ0v) is 12.8. The molecule has 0 radical (unpaired) electrons. The number of carbonyl (C=O) groups excluding carboxylic acids is 1. The molecule has 0 saturated heterocycles. The highest BCUT2D eigenvalue weighted by Gasteiger charge is 2.33. The first kappa shape index (κ1) is 16.1. The van der Waals surface area contributed by atoms with Crippen molar-refractivity contribution in [2.75, 3.05) is 20.3 Å². The first-order valence-electron chi connectivity index (χ1n) is 6.67. The van der Waals surface area contributed by atoms with Gasteiger partial charge in [0, 0.05) is 18.5 Å². The van der Waals surface area contributed by atoms with Crippen LogP contribution in [0.1, 0.15) is 31.6 Å². The Hall–Kier alpha value is -0.910. The van der Waals surface area contributed by atoms with E-state index in [9.17, 15) is 4.79 Å². The van der Waals surface area contributed by atoms with Crippen LogP contribution in [-0.2, 0) is 16.1 Å². The van der Waals surface area contributed by atoms with Crippen LogP contribution in [0.2, 0.25) is 0 Å². The summed E-state index contributed by atoms with van der Waals surface area (Å²) in [5.74, 6) is 0.0166. The molecule has 0 aliphatic carbocycles. The van der Waals surface area contributed by atoms with E-state index in [0.717, 1.165) is 0 Å². The average molecular weight is 284 g/mol. The normalized spacial score (nSPS) is 11.6. The second-order valence-corrected chi connectivity index (χ2v) is 5.69. The quantitative estimate of drug-likeness (QED) is 0.796. The topological polar surface area (TPSA) is 55.6 Å². The molecule has 1 aromatic rings. The molecule has 4 nitrogen and oxygen atoms in total. The van der Waals surface area contributed by atoms with E-state index >= 15 is 0 Å². The standard InChI is InChI=1S/C14H24N2O2S/c1-4-14(15,5-2)13(17)16(8-9-18-3)11-12-7-6-10-19-12/h6-7,10H,4-5,8-9,11,15H2,1-3H3. The molecule has 0 aliphatic rings. The number of hydrogen-bond donors (Lipinski definition) is 1. The molecule has 0 aliphatic heterocycles. The van der Waals surface area contributed by atoms with Gasteiger partial charge in [-0.25, -0.2) is 0 Å². The summed E-state index contributed by atoms with van der Waals surface area (Å²) in [5.41, 5.74) is 5.45. The van der Waals surface area contributed by atoms with E-state index in [1.165, 1.54) is 4.88 Å². The van der Waals surface area contributed by atoms with Gasteiger partial charge in [0.1, 0.15) is 0 Å². The number of hydrogen-bond acceptors (Lipinski definition) is 4. The number of thiophene rings is 1. The lowest BCUT2D eigenvalue weighted by atomic mass is 9.92. The zero-order chi connectivity index (χ0) is 14.3. The summed E-state index contributed by atoms with van der Waals surface area (Å²) in [6.45, 7) is 5.63. The molecule has 2 N–H and O–H groups in total. The number of ether oxygens (including phenoxy) is 1. The number of amides is 1.